The molecule has 3 rings (SSSR count). The van der Waals surface area contributed by atoms with Crippen molar-refractivity contribution in [2.45, 2.75) is 44.8 Å². The summed E-state index contributed by atoms with van der Waals surface area (Å²) in [5, 5.41) is 3.59. The fraction of sp³-hybridized carbons (Fsp3) is 0.625. The van der Waals surface area contributed by atoms with E-state index in [0.29, 0.717) is 12.1 Å². The van der Waals surface area contributed by atoms with E-state index in [1.54, 1.807) is 7.11 Å². The van der Waals surface area contributed by atoms with Crippen LogP contribution in [-0.2, 0) is 0 Å². The van der Waals surface area contributed by atoms with Gasteiger partial charge in [0.05, 0.1) is 7.11 Å². The summed E-state index contributed by atoms with van der Waals surface area (Å²) in [6.45, 7) is 3.16. The maximum absolute atomic E-state index is 6.23. The van der Waals surface area contributed by atoms with Gasteiger partial charge in [0.15, 0.2) is 0 Å². The monoisotopic (exact) mass is 261 g/mol. The van der Waals surface area contributed by atoms with Gasteiger partial charge in [-0.25, -0.2) is 0 Å². The lowest BCUT2D eigenvalue weighted by Crippen LogP contribution is -2.39. The van der Waals surface area contributed by atoms with Crippen LogP contribution in [0.15, 0.2) is 18.2 Å². The fourth-order valence-electron chi connectivity index (χ4n) is 3.14. The fourth-order valence-corrected chi connectivity index (χ4v) is 3.14. The van der Waals surface area contributed by atoms with Crippen LogP contribution in [-0.4, -0.2) is 19.8 Å². The maximum atomic E-state index is 6.23. The van der Waals surface area contributed by atoms with Crippen molar-refractivity contribution in [2.24, 2.45) is 5.92 Å². The Labute approximate surface area is 115 Å². The lowest BCUT2D eigenvalue weighted by Gasteiger charge is -2.40. The predicted octanol–water partition coefficient (Wildman–Crippen LogP) is 3.30. The second kappa shape index (κ2) is 5.41. The molecule has 104 valence electrons. The predicted molar refractivity (Wildman–Crippen MR) is 75.8 cm³/mol. The first kappa shape index (κ1) is 12.8. The van der Waals surface area contributed by atoms with Crippen molar-refractivity contribution in [3.63, 3.8) is 0 Å². The summed E-state index contributed by atoms with van der Waals surface area (Å²) >= 11 is 0. The lowest BCUT2D eigenvalue weighted by atomic mass is 9.77. The minimum absolute atomic E-state index is 0.373. The van der Waals surface area contributed by atoms with E-state index in [-0.39, 0.29) is 0 Å². The summed E-state index contributed by atoms with van der Waals surface area (Å²) in [5.41, 5.74) is 1.28. The Hall–Kier alpha value is -1.22. The average molecular weight is 261 g/mol. The van der Waals surface area contributed by atoms with E-state index in [1.807, 2.05) is 12.1 Å². The van der Waals surface area contributed by atoms with Crippen LogP contribution in [0.2, 0.25) is 0 Å². The van der Waals surface area contributed by atoms with E-state index in [9.17, 15) is 0 Å². The second-order valence-electron chi connectivity index (χ2n) is 5.60. The van der Waals surface area contributed by atoms with Crippen LogP contribution in [0.4, 0.5) is 0 Å². The van der Waals surface area contributed by atoms with Crippen molar-refractivity contribution in [3.05, 3.63) is 23.8 Å². The Morgan fingerprint density at radius 3 is 2.84 bits per heavy atom. The van der Waals surface area contributed by atoms with E-state index in [0.717, 1.165) is 30.4 Å². The molecule has 0 spiro atoms. The first-order valence-corrected chi connectivity index (χ1v) is 7.39. The van der Waals surface area contributed by atoms with E-state index < -0.39 is 0 Å². The molecule has 2 atom stereocenters. The third-order valence-electron chi connectivity index (χ3n) is 4.47. The standard InChI is InChI=1S/C16H23NO2/c1-3-17-14-10-15(11-5-4-6-11)19-16-9-12(18-2)7-8-13(14)16/h7-9,11,14-15,17H,3-6,10H2,1-2H3. The van der Waals surface area contributed by atoms with Gasteiger partial charge in [-0.15, -0.1) is 0 Å². The number of ether oxygens (including phenoxy) is 2. The average Bonchev–Trinajstić information content (AvgIpc) is 2.36. The highest BCUT2D eigenvalue weighted by atomic mass is 16.5. The Morgan fingerprint density at radius 2 is 2.21 bits per heavy atom. The molecule has 1 aromatic carbocycles. The number of benzene rings is 1. The number of rotatable bonds is 4. The van der Waals surface area contributed by atoms with Gasteiger partial charge in [-0.2, -0.15) is 0 Å². The summed E-state index contributed by atoms with van der Waals surface area (Å²) in [4.78, 5) is 0. The molecule has 1 fully saturated rings. The number of methoxy groups -OCH3 is 1. The van der Waals surface area contributed by atoms with Gasteiger partial charge in [0, 0.05) is 24.1 Å². The first-order valence-electron chi connectivity index (χ1n) is 7.39. The summed E-state index contributed by atoms with van der Waals surface area (Å²) < 4.78 is 11.5. The molecule has 0 amide bonds. The van der Waals surface area contributed by atoms with Crippen molar-refractivity contribution in [1.82, 2.24) is 5.32 Å². The molecule has 1 saturated carbocycles. The molecule has 2 aliphatic rings. The summed E-state index contributed by atoms with van der Waals surface area (Å²) in [5.74, 6) is 2.64. The van der Waals surface area contributed by atoms with Crippen LogP contribution < -0.4 is 14.8 Å². The van der Waals surface area contributed by atoms with Gasteiger partial charge in [-0.1, -0.05) is 19.4 Å². The van der Waals surface area contributed by atoms with Crippen molar-refractivity contribution >= 4 is 0 Å². The molecule has 1 aliphatic carbocycles. The molecule has 0 saturated heterocycles. The zero-order valence-corrected chi connectivity index (χ0v) is 11.8. The van der Waals surface area contributed by atoms with Crippen LogP contribution in [0.25, 0.3) is 0 Å². The number of nitrogens with one attached hydrogen (secondary N) is 1. The summed E-state index contributed by atoms with van der Waals surface area (Å²) in [6, 6.07) is 6.62. The highest BCUT2D eigenvalue weighted by molar-refractivity contribution is 5.44. The van der Waals surface area contributed by atoms with E-state index >= 15 is 0 Å². The van der Waals surface area contributed by atoms with Crippen LogP contribution in [0.5, 0.6) is 11.5 Å². The van der Waals surface area contributed by atoms with Crippen molar-refractivity contribution < 1.29 is 9.47 Å². The molecular formula is C16H23NO2. The van der Waals surface area contributed by atoms with Gasteiger partial charge in [0.1, 0.15) is 17.6 Å². The molecule has 0 bridgehead atoms. The molecule has 1 heterocycles. The lowest BCUT2D eigenvalue weighted by molar-refractivity contribution is 0.0531. The molecule has 19 heavy (non-hydrogen) atoms. The zero-order valence-electron chi connectivity index (χ0n) is 11.8. The van der Waals surface area contributed by atoms with Crippen LogP contribution in [0.3, 0.4) is 0 Å². The highest BCUT2D eigenvalue weighted by Crippen LogP contribution is 2.43. The topological polar surface area (TPSA) is 30.5 Å². The van der Waals surface area contributed by atoms with Crippen molar-refractivity contribution in [3.8, 4) is 11.5 Å². The number of fused-ring (bicyclic) bond motifs is 1. The smallest absolute Gasteiger partial charge is 0.128 e. The molecular weight excluding hydrogens is 238 g/mol. The molecule has 1 aliphatic heterocycles. The normalized spacial score (nSPS) is 26.2. The van der Waals surface area contributed by atoms with Crippen LogP contribution >= 0.6 is 0 Å². The number of hydrogen-bond donors (Lipinski definition) is 1. The van der Waals surface area contributed by atoms with Gasteiger partial charge in [-0.3, -0.25) is 0 Å². The maximum Gasteiger partial charge on any atom is 0.128 e. The van der Waals surface area contributed by atoms with E-state index in [2.05, 4.69) is 18.3 Å². The Bertz CT molecular complexity index is 442. The van der Waals surface area contributed by atoms with Crippen LogP contribution in [0, 0.1) is 5.92 Å². The minimum Gasteiger partial charge on any atom is -0.497 e. The molecule has 1 N–H and O–H groups in total. The third kappa shape index (κ3) is 2.44. The quantitative estimate of drug-likeness (QED) is 0.902. The Kier molecular flexibility index (Phi) is 3.65. The van der Waals surface area contributed by atoms with Gasteiger partial charge in [0.2, 0.25) is 0 Å². The summed E-state index contributed by atoms with van der Waals surface area (Å²) in [6.07, 6.45) is 5.47. The number of hydrogen-bond acceptors (Lipinski definition) is 3. The molecule has 2 unspecified atom stereocenters. The Balaban J connectivity index is 1.87. The third-order valence-corrected chi connectivity index (χ3v) is 4.47. The molecule has 1 aromatic rings. The molecule has 3 nitrogen and oxygen atoms in total. The van der Waals surface area contributed by atoms with Crippen molar-refractivity contribution in [1.29, 1.82) is 0 Å². The Morgan fingerprint density at radius 1 is 1.37 bits per heavy atom. The van der Waals surface area contributed by atoms with Gasteiger partial charge >= 0.3 is 0 Å². The molecule has 0 radical (unpaired) electrons. The molecule has 0 aromatic heterocycles. The van der Waals surface area contributed by atoms with E-state index in [1.165, 1.54) is 24.8 Å². The SMILES string of the molecule is CCNC1CC(C2CCC2)Oc2cc(OC)ccc21. The highest BCUT2D eigenvalue weighted by Gasteiger charge is 2.35. The minimum atomic E-state index is 0.373. The van der Waals surface area contributed by atoms with E-state index in [4.69, 9.17) is 9.47 Å². The zero-order chi connectivity index (χ0) is 13.2. The largest absolute Gasteiger partial charge is 0.497 e. The summed E-state index contributed by atoms with van der Waals surface area (Å²) in [7, 11) is 1.70. The van der Waals surface area contributed by atoms with Gasteiger partial charge in [-0.05, 0) is 31.4 Å². The van der Waals surface area contributed by atoms with Crippen LogP contribution in [0.1, 0.15) is 44.2 Å². The molecule has 3 heteroatoms. The van der Waals surface area contributed by atoms with Gasteiger partial charge < -0.3 is 14.8 Å². The van der Waals surface area contributed by atoms with Gasteiger partial charge in [0.25, 0.3) is 0 Å². The van der Waals surface area contributed by atoms with Crippen molar-refractivity contribution in [2.75, 3.05) is 13.7 Å². The first-order chi connectivity index (χ1) is 9.31. The second-order valence-corrected chi connectivity index (χ2v) is 5.60.